The van der Waals surface area contributed by atoms with E-state index in [1.165, 1.54) is 0 Å². The van der Waals surface area contributed by atoms with Crippen molar-refractivity contribution in [1.29, 1.82) is 0 Å². The van der Waals surface area contributed by atoms with Crippen molar-refractivity contribution in [3.05, 3.63) is 102 Å². The van der Waals surface area contributed by atoms with Gasteiger partial charge in [-0.05, 0) is 17.1 Å². The maximum atomic E-state index is 5.50. The Morgan fingerprint density at radius 2 is 1.32 bits per heavy atom. The van der Waals surface area contributed by atoms with E-state index in [9.17, 15) is 0 Å². The fraction of sp³-hybridized carbons (Fsp3) is 0.0455. The Morgan fingerprint density at radius 3 is 2.00 bits per heavy atom. The topological polar surface area (TPSA) is 35.4 Å². The highest BCUT2D eigenvalue weighted by molar-refractivity contribution is 6.14. The Balaban J connectivity index is 1.83. The average Bonchev–Trinajstić information content (AvgIpc) is 3.14. The van der Waals surface area contributed by atoms with Gasteiger partial charge in [-0.3, -0.25) is 0 Å². The predicted octanol–water partition coefficient (Wildman–Crippen LogP) is 3.91. The van der Waals surface area contributed by atoms with E-state index in [-0.39, 0.29) is 0 Å². The molecule has 1 radical (unpaired) electrons. The second-order valence-corrected chi connectivity index (χ2v) is 5.74. The molecule has 4 rings (SSSR count). The molecule has 0 saturated carbocycles. The van der Waals surface area contributed by atoms with E-state index in [1.807, 2.05) is 60.7 Å². The summed E-state index contributed by atoms with van der Waals surface area (Å²) in [7, 11) is 1.68. The molecule has 25 heavy (non-hydrogen) atoms. The van der Waals surface area contributed by atoms with E-state index in [2.05, 4.69) is 29.6 Å². The van der Waals surface area contributed by atoms with Crippen LogP contribution in [0.5, 0.6) is 5.75 Å². The zero-order chi connectivity index (χ0) is 17.1. The molecule has 1 aliphatic heterocycles. The number of hydrogen-bond acceptors (Lipinski definition) is 3. The van der Waals surface area contributed by atoms with Crippen molar-refractivity contribution in [3.63, 3.8) is 0 Å². The highest BCUT2D eigenvalue weighted by atomic mass is 16.5. The van der Waals surface area contributed by atoms with Gasteiger partial charge in [0.2, 0.25) is 5.70 Å². The monoisotopic (exact) mass is 326 g/mol. The maximum Gasteiger partial charge on any atom is 0.333 e. The minimum atomic E-state index is 0.801. The van der Waals surface area contributed by atoms with E-state index in [0.717, 1.165) is 39.7 Å². The third-order valence-corrected chi connectivity index (χ3v) is 4.18. The molecule has 0 amide bonds. The van der Waals surface area contributed by atoms with Gasteiger partial charge in [-0.2, -0.15) is 0 Å². The Labute approximate surface area is 147 Å². The van der Waals surface area contributed by atoms with E-state index in [0.29, 0.717) is 0 Å². The van der Waals surface area contributed by atoms with Crippen molar-refractivity contribution in [2.24, 2.45) is 0 Å². The van der Waals surface area contributed by atoms with Gasteiger partial charge in [0.25, 0.3) is 0 Å². The number of nitrogens with zero attached hydrogens (tertiary/aromatic N) is 1. The molecule has 0 bridgehead atoms. The van der Waals surface area contributed by atoms with E-state index in [1.54, 1.807) is 7.11 Å². The molecule has 0 unspecified atom stereocenters. The minimum absolute atomic E-state index is 0.801. The van der Waals surface area contributed by atoms with Crippen LogP contribution in [0.2, 0.25) is 0 Å². The number of rotatable bonds is 4. The van der Waals surface area contributed by atoms with Gasteiger partial charge in [-0.1, -0.05) is 72.8 Å². The summed E-state index contributed by atoms with van der Waals surface area (Å²) in [6.07, 6.45) is 0. The lowest BCUT2D eigenvalue weighted by molar-refractivity contribution is 0.414. The van der Waals surface area contributed by atoms with Crippen LogP contribution in [-0.4, -0.2) is 12.9 Å². The SMILES string of the molecule is COc1ccccc1C1=[N+]C(c2ccccc2)=C(c2ccccc2)N1. The van der Waals surface area contributed by atoms with Gasteiger partial charge in [0.05, 0.1) is 7.11 Å². The number of benzene rings is 3. The Bertz CT molecular complexity index is 944. The van der Waals surface area contributed by atoms with Gasteiger partial charge in [-0.25, -0.2) is 5.32 Å². The van der Waals surface area contributed by atoms with E-state index in [4.69, 9.17) is 9.73 Å². The van der Waals surface area contributed by atoms with E-state index < -0.39 is 0 Å². The first-order valence-electron chi connectivity index (χ1n) is 8.21. The summed E-state index contributed by atoms with van der Waals surface area (Å²) in [5, 5.41) is 3.50. The highest BCUT2D eigenvalue weighted by Crippen LogP contribution is 2.28. The second kappa shape index (κ2) is 6.65. The van der Waals surface area contributed by atoms with E-state index >= 15 is 0 Å². The molecule has 1 heterocycles. The van der Waals surface area contributed by atoms with Crippen LogP contribution in [0.15, 0.2) is 84.9 Å². The molecule has 0 fully saturated rings. The van der Waals surface area contributed by atoms with Crippen molar-refractivity contribution in [2.45, 2.75) is 0 Å². The largest absolute Gasteiger partial charge is 0.496 e. The van der Waals surface area contributed by atoms with Crippen LogP contribution in [0.1, 0.15) is 16.7 Å². The molecule has 1 aliphatic rings. The quantitative estimate of drug-likeness (QED) is 0.789. The molecule has 121 valence electrons. The van der Waals surface area contributed by atoms with Crippen LogP contribution < -0.4 is 15.0 Å². The van der Waals surface area contributed by atoms with Gasteiger partial charge in [0, 0.05) is 11.1 Å². The van der Waals surface area contributed by atoms with Crippen molar-refractivity contribution in [2.75, 3.05) is 7.11 Å². The van der Waals surface area contributed by atoms with Crippen LogP contribution in [0.4, 0.5) is 0 Å². The lowest BCUT2D eigenvalue weighted by atomic mass is 10.1. The summed E-state index contributed by atoms with van der Waals surface area (Å²) < 4.78 is 5.50. The molecule has 3 aromatic carbocycles. The zero-order valence-corrected chi connectivity index (χ0v) is 13.9. The molecule has 0 aromatic heterocycles. The van der Waals surface area contributed by atoms with Crippen LogP contribution >= 0.6 is 0 Å². The van der Waals surface area contributed by atoms with Gasteiger partial charge in [0.15, 0.2) is 5.70 Å². The fourth-order valence-electron chi connectivity index (χ4n) is 2.96. The summed E-state index contributed by atoms with van der Waals surface area (Å²) in [4.78, 5) is 4.90. The maximum absolute atomic E-state index is 5.50. The molecule has 0 atom stereocenters. The molecular formula is C22H18N2O+. The first-order valence-corrected chi connectivity index (χ1v) is 8.21. The summed E-state index contributed by atoms with van der Waals surface area (Å²) in [5.41, 5.74) is 5.08. The minimum Gasteiger partial charge on any atom is -0.496 e. The Hall–Kier alpha value is -3.33. The Kier molecular flexibility index (Phi) is 4.05. The standard InChI is InChI=1S/C22H18N2O/c1-25-19-15-9-8-14-18(19)22-23-20(16-10-4-2-5-11-16)21(24-22)17-12-6-3-7-13-17/h2-15,23H,1H3/q+1. The number of methoxy groups -OCH3 is 1. The van der Waals surface area contributed by atoms with Gasteiger partial charge in [-0.15, -0.1) is 0 Å². The third-order valence-electron chi connectivity index (χ3n) is 4.18. The number of aliphatic imine (C=N–C) groups is 1. The van der Waals surface area contributed by atoms with Crippen molar-refractivity contribution >= 4 is 17.2 Å². The Morgan fingerprint density at radius 1 is 0.720 bits per heavy atom. The highest BCUT2D eigenvalue weighted by Gasteiger charge is 2.32. The van der Waals surface area contributed by atoms with Gasteiger partial charge in [0.1, 0.15) is 11.3 Å². The summed E-state index contributed by atoms with van der Waals surface area (Å²) in [6, 6.07) is 28.4. The number of hydrogen-bond donors (Lipinski definition) is 1. The number of ether oxygens (including phenoxy) is 1. The van der Waals surface area contributed by atoms with Crippen molar-refractivity contribution in [1.82, 2.24) is 10.3 Å². The molecule has 3 nitrogen and oxygen atoms in total. The lowest BCUT2D eigenvalue weighted by Crippen LogP contribution is -2.21. The molecule has 0 spiro atoms. The van der Waals surface area contributed by atoms with Gasteiger partial charge >= 0.3 is 5.84 Å². The molecule has 0 aliphatic carbocycles. The number of amidine groups is 1. The summed E-state index contributed by atoms with van der Waals surface area (Å²) >= 11 is 0. The van der Waals surface area contributed by atoms with Gasteiger partial charge < -0.3 is 4.74 Å². The normalized spacial score (nSPS) is 13.4. The first kappa shape index (κ1) is 15.2. The summed E-state index contributed by atoms with van der Waals surface area (Å²) in [5.74, 6) is 1.60. The van der Waals surface area contributed by atoms with Crippen LogP contribution in [0.3, 0.4) is 0 Å². The molecule has 0 saturated heterocycles. The average molecular weight is 326 g/mol. The molecular weight excluding hydrogens is 308 g/mol. The van der Waals surface area contributed by atoms with Crippen molar-refractivity contribution in [3.8, 4) is 5.75 Å². The zero-order valence-electron chi connectivity index (χ0n) is 13.9. The van der Waals surface area contributed by atoms with Crippen LogP contribution in [-0.2, 0) is 0 Å². The number of para-hydroxylation sites is 1. The molecule has 3 heteroatoms. The third kappa shape index (κ3) is 2.92. The number of nitrogens with one attached hydrogen (secondary N) is 1. The van der Waals surface area contributed by atoms with Crippen LogP contribution in [0.25, 0.3) is 11.4 Å². The second-order valence-electron chi connectivity index (χ2n) is 5.74. The fourth-order valence-corrected chi connectivity index (χ4v) is 2.96. The molecule has 1 N–H and O–H groups in total. The first-order chi connectivity index (χ1) is 12.4. The smallest absolute Gasteiger partial charge is 0.333 e. The summed E-state index contributed by atoms with van der Waals surface area (Å²) in [6.45, 7) is 0. The van der Waals surface area contributed by atoms with Crippen LogP contribution in [0, 0.1) is 0 Å². The lowest BCUT2D eigenvalue weighted by Gasteiger charge is -2.05. The van der Waals surface area contributed by atoms with Crippen molar-refractivity contribution < 1.29 is 4.74 Å². The molecule has 3 aromatic rings. The predicted molar refractivity (Wildman–Crippen MR) is 102 cm³/mol.